The Hall–Kier alpha value is -3.40. The second-order valence-corrected chi connectivity index (χ2v) is 4.97. The van der Waals surface area contributed by atoms with E-state index in [0.717, 1.165) is 11.3 Å². The minimum absolute atomic E-state index is 0.0707. The van der Waals surface area contributed by atoms with Gasteiger partial charge in [0.25, 0.3) is 5.56 Å². The van der Waals surface area contributed by atoms with E-state index in [9.17, 15) is 9.59 Å². The van der Waals surface area contributed by atoms with Crippen molar-refractivity contribution in [3.8, 4) is 11.8 Å². The Labute approximate surface area is 131 Å². The van der Waals surface area contributed by atoms with Crippen LogP contribution in [0.1, 0.15) is 11.1 Å². The number of nitriles is 1. The number of nitrogens with one attached hydrogen (secondary N) is 1. The average molecular weight is 307 g/mol. The molecule has 0 bridgehead atoms. The summed E-state index contributed by atoms with van der Waals surface area (Å²) in [6.45, 7) is 0.380. The summed E-state index contributed by atoms with van der Waals surface area (Å²) in [4.78, 5) is 25.2. The van der Waals surface area contributed by atoms with Crippen molar-refractivity contribution in [1.82, 2.24) is 19.3 Å². The van der Waals surface area contributed by atoms with E-state index in [0.29, 0.717) is 13.0 Å². The number of aromatic amines is 1. The molecule has 23 heavy (non-hydrogen) atoms. The molecule has 0 saturated carbocycles. The van der Waals surface area contributed by atoms with E-state index in [1.54, 1.807) is 16.9 Å². The number of H-pyrrole nitrogens is 1. The topological polar surface area (TPSA) is 96.5 Å². The van der Waals surface area contributed by atoms with Crippen molar-refractivity contribution in [3.05, 3.63) is 80.9 Å². The zero-order valence-corrected chi connectivity index (χ0v) is 12.1. The maximum atomic E-state index is 11.7. The lowest BCUT2D eigenvalue weighted by Crippen LogP contribution is -2.31. The second-order valence-electron chi connectivity index (χ2n) is 4.97. The van der Waals surface area contributed by atoms with Gasteiger partial charge >= 0.3 is 5.69 Å². The predicted molar refractivity (Wildman–Crippen MR) is 83.3 cm³/mol. The lowest BCUT2D eigenvalue weighted by atomic mass is 10.1. The Balaban J connectivity index is 1.75. The van der Waals surface area contributed by atoms with Gasteiger partial charge < -0.3 is 0 Å². The van der Waals surface area contributed by atoms with Crippen LogP contribution in [0, 0.1) is 11.3 Å². The van der Waals surface area contributed by atoms with Gasteiger partial charge in [-0.25, -0.2) is 9.48 Å². The van der Waals surface area contributed by atoms with Crippen LogP contribution in [0.25, 0.3) is 5.69 Å². The quantitative estimate of drug-likeness (QED) is 0.772. The number of aromatic nitrogens is 4. The Morgan fingerprint density at radius 1 is 1.22 bits per heavy atom. The molecule has 3 rings (SSSR count). The third kappa shape index (κ3) is 3.11. The molecule has 0 aliphatic heterocycles. The molecule has 2 heterocycles. The molecular formula is C16H13N5O2. The van der Waals surface area contributed by atoms with E-state index in [1.807, 2.05) is 36.5 Å². The van der Waals surface area contributed by atoms with E-state index in [2.05, 4.69) is 10.1 Å². The number of benzene rings is 1. The monoisotopic (exact) mass is 307 g/mol. The molecule has 0 unspecified atom stereocenters. The van der Waals surface area contributed by atoms with Crippen molar-refractivity contribution >= 4 is 0 Å². The zero-order chi connectivity index (χ0) is 16.2. The van der Waals surface area contributed by atoms with Gasteiger partial charge in [-0.05, 0) is 30.2 Å². The summed E-state index contributed by atoms with van der Waals surface area (Å²) < 4.78 is 3.09. The van der Waals surface area contributed by atoms with E-state index in [4.69, 9.17) is 5.26 Å². The summed E-state index contributed by atoms with van der Waals surface area (Å²) in [5.74, 6) is 0. The minimum Gasteiger partial charge on any atom is -0.299 e. The molecule has 0 aliphatic rings. The number of nitrogens with zero attached hydrogens (tertiary/aromatic N) is 4. The summed E-state index contributed by atoms with van der Waals surface area (Å²) in [7, 11) is 0. The summed E-state index contributed by atoms with van der Waals surface area (Å²) in [5.41, 5.74) is 0.752. The van der Waals surface area contributed by atoms with Crippen LogP contribution in [0.15, 0.2) is 58.5 Å². The van der Waals surface area contributed by atoms with Gasteiger partial charge in [-0.15, -0.1) is 0 Å². The summed E-state index contributed by atoms with van der Waals surface area (Å²) in [5, 5.41) is 13.0. The lowest BCUT2D eigenvalue weighted by Gasteiger charge is -2.07. The summed E-state index contributed by atoms with van der Waals surface area (Å²) in [6, 6.07) is 11.4. The van der Waals surface area contributed by atoms with Gasteiger partial charge in [0.15, 0.2) is 0 Å². The normalized spacial score (nSPS) is 10.4. The second kappa shape index (κ2) is 6.15. The minimum atomic E-state index is -0.655. The van der Waals surface area contributed by atoms with E-state index < -0.39 is 11.2 Å². The molecule has 0 atom stereocenters. The standard InChI is InChI=1S/C16H13N5O2/c17-10-13-11-20(16(23)19-15(13)22)9-6-12-2-4-14(5-3-12)21-8-1-7-18-21/h1-5,7-8,11H,6,9H2,(H,19,22,23). The fourth-order valence-corrected chi connectivity index (χ4v) is 2.24. The highest BCUT2D eigenvalue weighted by Crippen LogP contribution is 2.09. The molecule has 0 fully saturated rings. The molecule has 114 valence electrons. The van der Waals surface area contributed by atoms with Crippen molar-refractivity contribution in [2.75, 3.05) is 0 Å². The van der Waals surface area contributed by atoms with E-state index >= 15 is 0 Å². The summed E-state index contributed by atoms with van der Waals surface area (Å²) in [6.07, 6.45) is 5.47. The maximum absolute atomic E-state index is 11.7. The maximum Gasteiger partial charge on any atom is 0.328 e. The van der Waals surface area contributed by atoms with Crippen LogP contribution in [-0.4, -0.2) is 19.3 Å². The lowest BCUT2D eigenvalue weighted by molar-refractivity contribution is 0.643. The van der Waals surface area contributed by atoms with Crippen LogP contribution in [0.5, 0.6) is 0 Å². The Bertz CT molecular complexity index is 959. The first-order valence-corrected chi connectivity index (χ1v) is 7.00. The van der Waals surface area contributed by atoms with Crippen molar-refractivity contribution in [1.29, 1.82) is 5.26 Å². The average Bonchev–Trinajstić information content (AvgIpc) is 3.09. The number of rotatable bonds is 4. The molecule has 1 N–H and O–H groups in total. The zero-order valence-electron chi connectivity index (χ0n) is 12.1. The van der Waals surface area contributed by atoms with E-state index in [1.165, 1.54) is 10.8 Å². The number of hydrogen-bond acceptors (Lipinski definition) is 4. The third-order valence-electron chi connectivity index (χ3n) is 3.48. The van der Waals surface area contributed by atoms with Gasteiger partial charge in [0, 0.05) is 25.1 Å². The highest BCUT2D eigenvalue weighted by molar-refractivity contribution is 5.33. The molecule has 2 aromatic heterocycles. The summed E-state index contributed by atoms with van der Waals surface area (Å²) >= 11 is 0. The molecule has 1 aromatic carbocycles. The first-order valence-electron chi connectivity index (χ1n) is 7.00. The van der Waals surface area contributed by atoms with Gasteiger partial charge in [0.2, 0.25) is 0 Å². The van der Waals surface area contributed by atoms with Crippen LogP contribution in [0.3, 0.4) is 0 Å². The molecule has 7 nitrogen and oxygen atoms in total. The van der Waals surface area contributed by atoms with Gasteiger partial charge in [-0.3, -0.25) is 14.3 Å². The predicted octanol–water partition coefficient (Wildman–Crippen LogP) is 0.837. The fraction of sp³-hybridized carbons (Fsp3) is 0.125. The molecule has 0 spiro atoms. The molecular weight excluding hydrogens is 294 g/mol. The van der Waals surface area contributed by atoms with Crippen molar-refractivity contribution in [2.45, 2.75) is 13.0 Å². The first kappa shape index (κ1) is 14.5. The first-order chi connectivity index (χ1) is 11.2. The highest BCUT2D eigenvalue weighted by atomic mass is 16.2. The number of hydrogen-bond donors (Lipinski definition) is 1. The third-order valence-corrected chi connectivity index (χ3v) is 3.48. The van der Waals surface area contributed by atoms with Gasteiger partial charge in [0.05, 0.1) is 5.69 Å². The van der Waals surface area contributed by atoms with Gasteiger partial charge in [-0.1, -0.05) is 12.1 Å². The van der Waals surface area contributed by atoms with Crippen LogP contribution in [0.2, 0.25) is 0 Å². The molecule has 0 amide bonds. The molecule has 7 heteroatoms. The van der Waals surface area contributed by atoms with Crippen molar-refractivity contribution in [3.63, 3.8) is 0 Å². The fourth-order valence-electron chi connectivity index (χ4n) is 2.24. The van der Waals surface area contributed by atoms with Crippen LogP contribution in [-0.2, 0) is 13.0 Å². The van der Waals surface area contributed by atoms with Gasteiger partial charge in [0.1, 0.15) is 11.6 Å². The molecule has 0 radical (unpaired) electrons. The molecule has 0 saturated heterocycles. The van der Waals surface area contributed by atoms with Crippen molar-refractivity contribution < 1.29 is 0 Å². The number of aryl methyl sites for hydroxylation is 2. The highest BCUT2D eigenvalue weighted by Gasteiger charge is 2.04. The molecule has 3 aromatic rings. The smallest absolute Gasteiger partial charge is 0.299 e. The Kier molecular flexibility index (Phi) is 3.89. The Morgan fingerprint density at radius 3 is 2.65 bits per heavy atom. The van der Waals surface area contributed by atoms with Crippen LogP contribution >= 0.6 is 0 Å². The van der Waals surface area contributed by atoms with Crippen LogP contribution < -0.4 is 11.2 Å². The van der Waals surface area contributed by atoms with Crippen LogP contribution in [0.4, 0.5) is 0 Å². The van der Waals surface area contributed by atoms with E-state index in [-0.39, 0.29) is 5.56 Å². The van der Waals surface area contributed by atoms with Crippen molar-refractivity contribution in [2.24, 2.45) is 0 Å². The molecule has 0 aliphatic carbocycles. The van der Waals surface area contributed by atoms with Gasteiger partial charge in [-0.2, -0.15) is 10.4 Å². The Morgan fingerprint density at radius 2 is 2.00 bits per heavy atom. The largest absolute Gasteiger partial charge is 0.328 e. The SMILES string of the molecule is N#Cc1cn(CCc2ccc(-n3cccn3)cc2)c(=O)[nH]c1=O.